The lowest BCUT2D eigenvalue weighted by Crippen LogP contribution is -1.98. The van der Waals surface area contributed by atoms with E-state index in [4.69, 9.17) is 16.3 Å². The second-order valence-corrected chi connectivity index (χ2v) is 4.41. The molecule has 0 saturated heterocycles. The molecular formula is C11H13BrClFO. The fraction of sp³-hybridized carbons (Fsp3) is 0.455. The molecule has 0 unspecified atom stereocenters. The number of halogens is 3. The third-order valence-corrected chi connectivity index (χ3v) is 2.82. The Morgan fingerprint density at radius 2 is 2.07 bits per heavy atom. The molecular weight excluding hydrogens is 282 g/mol. The molecule has 0 saturated carbocycles. The van der Waals surface area contributed by atoms with Gasteiger partial charge in [-0.2, -0.15) is 0 Å². The molecule has 0 amide bonds. The molecule has 0 aliphatic heterocycles. The van der Waals surface area contributed by atoms with Gasteiger partial charge in [0.15, 0.2) is 0 Å². The number of hydrogen-bond acceptors (Lipinski definition) is 1. The Morgan fingerprint density at radius 3 is 2.73 bits per heavy atom. The van der Waals surface area contributed by atoms with Crippen LogP contribution in [0, 0.1) is 5.82 Å². The second-order valence-electron chi connectivity index (χ2n) is 3.17. The van der Waals surface area contributed by atoms with Crippen LogP contribution in [0.15, 0.2) is 22.7 Å². The van der Waals surface area contributed by atoms with Crippen molar-refractivity contribution in [2.75, 3.05) is 12.5 Å². The largest absolute Gasteiger partial charge is 0.492 e. The molecule has 15 heavy (non-hydrogen) atoms. The maximum absolute atomic E-state index is 12.7. The predicted octanol–water partition coefficient (Wildman–Crippen LogP) is 4.38. The molecule has 84 valence electrons. The molecule has 0 aromatic heterocycles. The summed E-state index contributed by atoms with van der Waals surface area (Å²) in [5.74, 6) is 1.11. The Balaban J connectivity index is 2.31. The lowest BCUT2D eigenvalue weighted by Gasteiger charge is -2.07. The first-order valence-corrected chi connectivity index (χ1v) is 6.20. The monoisotopic (exact) mass is 294 g/mol. The molecule has 1 aromatic carbocycles. The zero-order valence-corrected chi connectivity index (χ0v) is 10.7. The fourth-order valence-electron chi connectivity index (χ4n) is 1.15. The van der Waals surface area contributed by atoms with Crippen LogP contribution in [0.1, 0.15) is 19.3 Å². The summed E-state index contributed by atoms with van der Waals surface area (Å²) >= 11 is 8.79. The van der Waals surface area contributed by atoms with Crippen molar-refractivity contribution >= 4 is 27.5 Å². The van der Waals surface area contributed by atoms with Crippen LogP contribution >= 0.6 is 27.5 Å². The van der Waals surface area contributed by atoms with Gasteiger partial charge in [-0.05, 0) is 53.4 Å². The van der Waals surface area contributed by atoms with Gasteiger partial charge >= 0.3 is 0 Å². The Morgan fingerprint density at radius 1 is 1.27 bits per heavy atom. The predicted molar refractivity (Wildman–Crippen MR) is 64.2 cm³/mol. The molecule has 0 spiro atoms. The fourth-order valence-corrected chi connectivity index (χ4v) is 1.80. The van der Waals surface area contributed by atoms with Crippen molar-refractivity contribution in [3.63, 3.8) is 0 Å². The Hall–Kier alpha value is -0.280. The van der Waals surface area contributed by atoms with Gasteiger partial charge in [0.1, 0.15) is 11.6 Å². The van der Waals surface area contributed by atoms with E-state index in [1.807, 2.05) is 0 Å². The number of unbranched alkanes of at least 4 members (excludes halogenated alkanes) is 2. The molecule has 0 bridgehead atoms. The highest BCUT2D eigenvalue weighted by Crippen LogP contribution is 2.25. The van der Waals surface area contributed by atoms with Gasteiger partial charge in [-0.15, -0.1) is 11.6 Å². The number of hydrogen-bond donors (Lipinski definition) is 0. The van der Waals surface area contributed by atoms with E-state index in [9.17, 15) is 4.39 Å². The summed E-state index contributed by atoms with van der Waals surface area (Å²) in [6.07, 6.45) is 3.04. The quantitative estimate of drug-likeness (QED) is 0.559. The van der Waals surface area contributed by atoms with E-state index in [-0.39, 0.29) is 5.82 Å². The first kappa shape index (κ1) is 12.8. The number of alkyl halides is 1. The van der Waals surface area contributed by atoms with Crippen molar-refractivity contribution in [3.05, 3.63) is 28.5 Å². The van der Waals surface area contributed by atoms with E-state index < -0.39 is 0 Å². The average molecular weight is 296 g/mol. The molecule has 0 heterocycles. The van der Waals surface area contributed by atoms with Crippen molar-refractivity contribution in [2.24, 2.45) is 0 Å². The molecule has 0 aliphatic carbocycles. The molecule has 0 radical (unpaired) electrons. The lowest BCUT2D eigenvalue weighted by molar-refractivity contribution is 0.304. The standard InChI is InChI=1S/C11H13BrClFO/c12-10-8-9(14)4-5-11(10)15-7-3-1-2-6-13/h4-5,8H,1-3,6-7H2. The van der Waals surface area contributed by atoms with E-state index in [0.717, 1.165) is 19.3 Å². The zero-order chi connectivity index (χ0) is 11.1. The SMILES string of the molecule is Fc1ccc(OCCCCCCl)c(Br)c1. The summed E-state index contributed by atoms with van der Waals surface area (Å²) in [5.41, 5.74) is 0. The van der Waals surface area contributed by atoms with Gasteiger partial charge in [0.05, 0.1) is 11.1 Å². The molecule has 4 heteroatoms. The van der Waals surface area contributed by atoms with Crippen LogP contribution in [0.3, 0.4) is 0 Å². The molecule has 0 N–H and O–H groups in total. The number of benzene rings is 1. The molecule has 1 nitrogen and oxygen atoms in total. The highest BCUT2D eigenvalue weighted by Gasteiger charge is 2.01. The summed E-state index contributed by atoms with van der Waals surface area (Å²) in [4.78, 5) is 0. The summed E-state index contributed by atoms with van der Waals surface area (Å²) < 4.78 is 18.9. The van der Waals surface area contributed by atoms with Gasteiger partial charge in [-0.25, -0.2) is 4.39 Å². The van der Waals surface area contributed by atoms with Crippen LogP contribution in [0.25, 0.3) is 0 Å². The summed E-state index contributed by atoms with van der Waals surface area (Å²) in [6.45, 7) is 0.640. The Bertz CT molecular complexity index is 307. The molecule has 0 atom stereocenters. The van der Waals surface area contributed by atoms with Gasteiger partial charge in [0, 0.05) is 5.88 Å². The summed E-state index contributed by atoms with van der Waals surface area (Å²) in [5, 5.41) is 0. The minimum Gasteiger partial charge on any atom is -0.492 e. The van der Waals surface area contributed by atoms with E-state index in [1.165, 1.54) is 12.1 Å². The van der Waals surface area contributed by atoms with E-state index in [0.29, 0.717) is 22.7 Å². The zero-order valence-electron chi connectivity index (χ0n) is 8.31. The van der Waals surface area contributed by atoms with E-state index in [1.54, 1.807) is 6.07 Å². The van der Waals surface area contributed by atoms with Crippen LogP contribution in [0.2, 0.25) is 0 Å². The first-order chi connectivity index (χ1) is 7.24. The van der Waals surface area contributed by atoms with Crippen molar-refractivity contribution in [3.8, 4) is 5.75 Å². The third kappa shape index (κ3) is 4.85. The van der Waals surface area contributed by atoms with Gasteiger partial charge < -0.3 is 4.74 Å². The molecule has 1 rings (SSSR count). The highest BCUT2D eigenvalue weighted by molar-refractivity contribution is 9.10. The summed E-state index contributed by atoms with van der Waals surface area (Å²) in [6, 6.07) is 4.41. The average Bonchev–Trinajstić information content (AvgIpc) is 2.20. The van der Waals surface area contributed by atoms with Gasteiger partial charge in [-0.3, -0.25) is 0 Å². The van der Waals surface area contributed by atoms with Gasteiger partial charge in [-0.1, -0.05) is 0 Å². The second kappa shape index (κ2) is 7.07. The van der Waals surface area contributed by atoms with Crippen LogP contribution in [-0.2, 0) is 0 Å². The highest BCUT2D eigenvalue weighted by atomic mass is 79.9. The van der Waals surface area contributed by atoms with Gasteiger partial charge in [0.25, 0.3) is 0 Å². The van der Waals surface area contributed by atoms with Gasteiger partial charge in [0.2, 0.25) is 0 Å². The van der Waals surface area contributed by atoms with E-state index in [2.05, 4.69) is 15.9 Å². The number of ether oxygens (including phenoxy) is 1. The molecule has 1 aromatic rings. The van der Waals surface area contributed by atoms with Crippen molar-refractivity contribution < 1.29 is 9.13 Å². The maximum Gasteiger partial charge on any atom is 0.133 e. The topological polar surface area (TPSA) is 9.23 Å². The van der Waals surface area contributed by atoms with Crippen LogP contribution < -0.4 is 4.74 Å². The number of rotatable bonds is 6. The van der Waals surface area contributed by atoms with Crippen LogP contribution in [0.4, 0.5) is 4.39 Å². The Kier molecular flexibility index (Phi) is 6.03. The summed E-state index contributed by atoms with van der Waals surface area (Å²) in [7, 11) is 0. The maximum atomic E-state index is 12.7. The van der Waals surface area contributed by atoms with Crippen LogP contribution in [0.5, 0.6) is 5.75 Å². The normalized spacial score (nSPS) is 10.3. The van der Waals surface area contributed by atoms with Crippen LogP contribution in [-0.4, -0.2) is 12.5 Å². The minimum atomic E-state index is -0.267. The van der Waals surface area contributed by atoms with E-state index >= 15 is 0 Å². The lowest BCUT2D eigenvalue weighted by atomic mass is 10.3. The minimum absolute atomic E-state index is 0.267. The third-order valence-electron chi connectivity index (χ3n) is 1.93. The van der Waals surface area contributed by atoms with Crippen molar-refractivity contribution in [1.82, 2.24) is 0 Å². The molecule has 0 aliphatic rings. The van der Waals surface area contributed by atoms with Crippen molar-refractivity contribution in [2.45, 2.75) is 19.3 Å². The van der Waals surface area contributed by atoms with Crippen molar-refractivity contribution in [1.29, 1.82) is 0 Å². The molecule has 0 fully saturated rings. The first-order valence-electron chi connectivity index (χ1n) is 4.88. The smallest absolute Gasteiger partial charge is 0.133 e. The Labute approximate surface area is 103 Å².